The van der Waals surface area contributed by atoms with Crippen LogP contribution in [0.3, 0.4) is 0 Å². The molecule has 0 radical (unpaired) electrons. The Kier molecular flexibility index (Phi) is 7.75. The number of nitrogens with zero attached hydrogens (tertiary/aromatic N) is 2. The summed E-state index contributed by atoms with van der Waals surface area (Å²) in [6, 6.07) is 80.0. The van der Waals surface area contributed by atoms with Gasteiger partial charge in [0.05, 0.1) is 16.7 Å². The number of hydrogen-bond acceptors (Lipinski definition) is 2. The first-order chi connectivity index (χ1) is 29.3. The zero-order valence-corrected chi connectivity index (χ0v) is 32.9. The van der Waals surface area contributed by atoms with Gasteiger partial charge in [0.2, 0.25) is 0 Å². The average molecular weight is 769 g/mol. The molecule has 0 N–H and O–H groups in total. The molecule has 12 rings (SSSR count). The Morgan fingerprint density at radius 2 is 1.00 bits per heavy atom. The van der Waals surface area contributed by atoms with E-state index < -0.39 is 0 Å². The molecule has 3 heteroatoms. The second-order valence-electron chi connectivity index (χ2n) is 15.3. The van der Waals surface area contributed by atoms with Crippen LogP contribution in [0.1, 0.15) is 0 Å². The molecular weight excluding hydrogens is 733 g/mol. The highest BCUT2D eigenvalue weighted by atomic mass is 32.1. The third kappa shape index (κ3) is 5.47. The topological polar surface area (TPSA) is 8.17 Å². The van der Waals surface area contributed by atoms with Crippen LogP contribution in [-0.4, -0.2) is 4.57 Å². The molecule has 0 aliphatic carbocycles. The predicted molar refractivity (Wildman–Crippen MR) is 254 cm³/mol. The lowest BCUT2D eigenvalue weighted by Gasteiger charge is -2.28. The van der Waals surface area contributed by atoms with Gasteiger partial charge in [0, 0.05) is 53.4 Å². The minimum atomic E-state index is 1.10. The summed E-state index contributed by atoms with van der Waals surface area (Å²) in [4.78, 5) is 2.47. The monoisotopic (exact) mass is 768 g/mol. The van der Waals surface area contributed by atoms with Gasteiger partial charge in [0.1, 0.15) is 0 Å². The van der Waals surface area contributed by atoms with E-state index in [-0.39, 0.29) is 0 Å². The number of anilines is 3. The average Bonchev–Trinajstić information content (AvgIpc) is 3.85. The predicted octanol–water partition coefficient (Wildman–Crippen LogP) is 16.3. The van der Waals surface area contributed by atoms with Gasteiger partial charge in [-0.25, -0.2) is 0 Å². The molecule has 0 bridgehead atoms. The lowest BCUT2D eigenvalue weighted by molar-refractivity contribution is 1.18. The van der Waals surface area contributed by atoms with Gasteiger partial charge < -0.3 is 9.47 Å². The highest BCUT2D eigenvalue weighted by molar-refractivity contribution is 7.26. The summed E-state index contributed by atoms with van der Waals surface area (Å²) in [6.07, 6.45) is 0. The number of thiophene rings is 1. The standard InChI is InChI=1S/C56H36N2S/c1-3-14-37(15-4-1)40-19-13-20-41(34-40)58-51-25-12-11-24-48(51)49-29-27-42(35-53(49)58)57(52-32-31-44(38-16-5-2-6-17-38)46-22-9-10-23-47(46)52)43-28-30-50-55(36-43)59-54-33-26-39-18-7-8-21-45(39)56(50)54/h1-36H. The maximum absolute atomic E-state index is 2.47. The van der Waals surface area contributed by atoms with Crippen molar-refractivity contribution in [1.82, 2.24) is 4.57 Å². The largest absolute Gasteiger partial charge is 0.310 e. The van der Waals surface area contributed by atoms with Gasteiger partial charge in [0.25, 0.3) is 0 Å². The molecule has 0 aliphatic rings. The first-order valence-corrected chi connectivity index (χ1v) is 21.0. The van der Waals surface area contributed by atoms with Crippen molar-refractivity contribution in [2.24, 2.45) is 0 Å². The first-order valence-electron chi connectivity index (χ1n) is 20.2. The molecule has 0 saturated heterocycles. The van der Waals surface area contributed by atoms with E-state index in [1.165, 1.54) is 85.8 Å². The van der Waals surface area contributed by atoms with Crippen molar-refractivity contribution in [1.29, 1.82) is 0 Å². The molecule has 0 unspecified atom stereocenters. The van der Waals surface area contributed by atoms with Crippen molar-refractivity contribution < 1.29 is 0 Å². The van der Waals surface area contributed by atoms with E-state index in [4.69, 9.17) is 0 Å². The Bertz CT molecular complexity index is 3560. The fourth-order valence-electron chi connectivity index (χ4n) is 9.28. The lowest BCUT2D eigenvalue weighted by Crippen LogP contribution is -2.11. The van der Waals surface area contributed by atoms with E-state index >= 15 is 0 Å². The Hall–Kier alpha value is -7.46. The maximum atomic E-state index is 2.47. The molecule has 59 heavy (non-hydrogen) atoms. The molecular formula is C56H36N2S. The van der Waals surface area contributed by atoms with Crippen LogP contribution in [0.2, 0.25) is 0 Å². The molecule has 2 nitrogen and oxygen atoms in total. The SMILES string of the molecule is c1ccc(-c2cccc(-n3c4ccccc4c4ccc(N(c5ccc6c(c5)sc5ccc7ccccc7c56)c5ccc(-c6ccccc6)c6ccccc56)cc43)c2)cc1. The lowest BCUT2D eigenvalue weighted by atomic mass is 9.96. The number of rotatable bonds is 6. The van der Waals surface area contributed by atoms with Crippen LogP contribution < -0.4 is 4.90 Å². The summed E-state index contributed by atoms with van der Waals surface area (Å²) in [5, 5.41) is 10.1. The van der Waals surface area contributed by atoms with Gasteiger partial charge in [0.15, 0.2) is 0 Å². The number of para-hydroxylation sites is 1. The minimum absolute atomic E-state index is 1.10. The summed E-state index contributed by atoms with van der Waals surface area (Å²) in [7, 11) is 0. The highest BCUT2D eigenvalue weighted by Crippen LogP contribution is 2.47. The molecule has 276 valence electrons. The van der Waals surface area contributed by atoms with Crippen LogP contribution in [0.5, 0.6) is 0 Å². The van der Waals surface area contributed by atoms with Crippen LogP contribution in [0.4, 0.5) is 17.1 Å². The Balaban J connectivity index is 1.12. The van der Waals surface area contributed by atoms with Crippen molar-refractivity contribution in [2.75, 3.05) is 4.90 Å². The number of hydrogen-bond donors (Lipinski definition) is 0. The molecule has 0 aliphatic heterocycles. The van der Waals surface area contributed by atoms with Crippen molar-refractivity contribution >= 4 is 91.9 Å². The third-order valence-electron chi connectivity index (χ3n) is 12.0. The molecule has 0 amide bonds. The molecule has 0 fully saturated rings. The zero-order chi connectivity index (χ0) is 38.9. The van der Waals surface area contributed by atoms with E-state index in [0.717, 1.165) is 22.7 Å². The normalized spacial score (nSPS) is 11.7. The van der Waals surface area contributed by atoms with Gasteiger partial charge in [-0.15, -0.1) is 11.3 Å². The summed E-state index contributed by atoms with van der Waals surface area (Å²) >= 11 is 1.88. The molecule has 2 heterocycles. The van der Waals surface area contributed by atoms with Crippen molar-refractivity contribution in [3.8, 4) is 27.9 Å². The van der Waals surface area contributed by atoms with E-state index in [1.807, 2.05) is 11.3 Å². The number of aromatic nitrogens is 1. The first kappa shape index (κ1) is 33.7. The van der Waals surface area contributed by atoms with Gasteiger partial charge >= 0.3 is 0 Å². The van der Waals surface area contributed by atoms with Crippen molar-refractivity contribution in [3.05, 3.63) is 218 Å². The van der Waals surface area contributed by atoms with Crippen LogP contribution in [0, 0.1) is 0 Å². The Morgan fingerprint density at radius 3 is 1.83 bits per heavy atom. The smallest absolute Gasteiger partial charge is 0.0561 e. The Labute approximate surface area is 346 Å². The molecule has 12 aromatic rings. The maximum Gasteiger partial charge on any atom is 0.0561 e. The zero-order valence-electron chi connectivity index (χ0n) is 32.1. The second kappa shape index (κ2) is 13.6. The van der Waals surface area contributed by atoms with Gasteiger partial charge in [-0.2, -0.15) is 0 Å². The fourth-order valence-corrected chi connectivity index (χ4v) is 10.4. The van der Waals surface area contributed by atoms with Crippen LogP contribution in [0.25, 0.3) is 91.5 Å². The summed E-state index contributed by atoms with van der Waals surface area (Å²) < 4.78 is 5.02. The number of fused-ring (bicyclic) bond motifs is 9. The summed E-state index contributed by atoms with van der Waals surface area (Å²) in [5.41, 5.74) is 11.7. The summed E-state index contributed by atoms with van der Waals surface area (Å²) in [6.45, 7) is 0. The highest BCUT2D eigenvalue weighted by Gasteiger charge is 2.21. The van der Waals surface area contributed by atoms with E-state index in [9.17, 15) is 0 Å². The second-order valence-corrected chi connectivity index (χ2v) is 16.4. The van der Waals surface area contributed by atoms with Crippen molar-refractivity contribution in [3.63, 3.8) is 0 Å². The molecule has 0 saturated carbocycles. The number of benzene rings is 10. The van der Waals surface area contributed by atoms with Crippen LogP contribution in [0.15, 0.2) is 218 Å². The van der Waals surface area contributed by atoms with Gasteiger partial charge in [-0.3, -0.25) is 0 Å². The quantitative estimate of drug-likeness (QED) is 0.164. The van der Waals surface area contributed by atoms with E-state index in [1.54, 1.807) is 0 Å². The van der Waals surface area contributed by atoms with Gasteiger partial charge in [-0.1, -0.05) is 164 Å². The Morgan fingerprint density at radius 1 is 0.356 bits per heavy atom. The van der Waals surface area contributed by atoms with E-state index in [2.05, 4.69) is 228 Å². The van der Waals surface area contributed by atoms with Crippen molar-refractivity contribution in [2.45, 2.75) is 0 Å². The molecule has 0 spiro atoms. The van der Waals surface area contributed by atoms with E-state index in [0.29, 0.717) is 0 Å². The molecule has 10 aromatic carbocycles. The molecule has 0 atom stereocenters. The third-order valence-corrected chi connectivity index (χ3v) is 13.1. The minimum Gasteiger partial charge on any atom is -0.310 e. The van der Waals surface area contributed by atoms with Crippen LogP contribution in [-0.2, 0) is 0 Å². The molecule has 2 aromatic heterocycles. The summed E-state index contributed by atoms with van der Waals surface area (Å²) in [5.74, 6) is 0. The fraction of sp³-hybridized carbons (Fsp3) is 0. The van der Waals surface area contributed by atoms with Crippen LogP contribution >= 0.6 is 11.3 Å². The van der Waals surface area contributed by atoms with Gasteiger partial charge in [-0.05, 0) is 93.0 Å².